The fourth-order valence-corrected chi connectivity index (χ4v) is 8.68. The third kappa shape index (κ3) is 4.28. The molecular weight excluding hydrogens is 474 g/mol. The Morgan fingerprint density at radius 2 is 1.41 bits per heavy atom. The van der Waals surface area contributed by atoms with Crippen molar-refractivity contribution in [2.75, 3.05) is 19.6 Å². The third-order valence-electron chi connectivity index (χ3n) is 7.39. The van der Waals surface area contributed by atoms with Gasteiger partial charge in [-0.1, -0.05) is 42.8 Å². The quantitative estimate of drug-likeness (QED) is 0.650. The molecule has 1 aliphatic heterocycles. The van der Waals surface area contributed by atoms with Gasteiger partial charge in [-0.3, -0.25) is 4.79 Å². The first kappa shape index (κ1) is 23.5. The second-order valence-electron chi connectivity index (χ2n) is 9.41. The van der Waals surface area contributed by atoms with Gasteiger partial charge in [0.15, 0.2) is 0 Å². The molecule has 0 unspecified atom stereocenters. The molecule has 8 nitrogen and oxygen atoms in total. The highest BCUT2D eigenvalue weighted by atomic mass is 32.2. The van der Waals surface area contributed by atoms with Crippen LogP contribution in [0.3, 0.4) is 0 Å². The molecule has 10 heteroatoms. The summed E-state index contributed by atoms with van der Waals surface area (Å²) < 4.78 is 55.9. The molecule has 5 rings (SSSR count). The molecule has 0 spiro atoms. The predicted octanol–water partition coefficient (Wildman–Crippen LogP) is 2.06. The van der Waals surface area contributed by atoms with Crippen molar-refractivity contribution >= 4 is 26.0 Å². The molecule has 1 N–H and O–H groups in total. The summed E-state index contributed by atoms with van der Waals surface area (Å²) in [4.78, 5) is 13.7. The summed E-state index contributed by atoms with van der Waals surface area (Å²) in [6.45, 7) is -0.352. The van der Waals surface area contributed by atoms with Gasteiger partial charge in [0.2, 0.25) is 26.0 Å². The molecule has 2 saturated carbocycles. The molecule has 0 aromatic heterocycles. The highest BCUT2D eigenvalue weighted by Crippen LogP contribution is 2.44. The van der Waals surface area contributed by atoms with Crippen molar-refractivity contribution in [2.24, 2.45) is 11.8 Å². The van der Waals surface area contributed by atoms with Crippen molar-refractivity contribution in [1.29, 1.82) is 0 Å². The number of hydrogen-bond donors (Lipinski definition) is 1. The highest BCUT2D eigenvalue weighted by molar-refractivity contribution is 7.89. The molecule has 2 aromatic carbocycles. The zero-order chi connectivity index (χ0) is 23.9. The largest absolute Gasteiger partial charge is 0.352 e. The minimum Gasteiger partial charge on any atom is -0.352 e. The number of carbonyl (C=O) groups is 1. The molecule has 0 radical (unpaired) electrons. The van der Waals surface area contributed by atoms with E-state index in [1.807, 2.05) is 0 Å². The van der Waals surface area contributed by atoms with Gasteiger partial charge in [0.25, 0.3) is 0 Å². The summed E-state index contributed by atoms with van der Waals surface area (Å²) in [5, 5.41) is 3.08. The second-order valence-corrected chi connectivity index (χ2v) is 13.2. The fraction of sp³-hybridized carbons (Fsp3) is 0.458. The number of benzene rings is 2. The number of fused-ring (bicyclic) bond motifs is 2. The Labute approximate surface area is 201 Å². The summed E-state index contributed by atoms with van der Waals surface area (Å²) >= 11 is 0. The van der Waals surface area contributed by atoms with Crippen molar-refractivity contribution in [3.8, 4) is 0 Å². The van der Waals surface area contributed by atoms with E-state index in [1.165, 1.54) is 39.3 Å². The Hall–Kier alpha value is -2.27. The molecule has 3 fully saturated rings. The van der Waals surface area contributed by atoms with Crippen molar-refractivity contribution < 1.29 is 21.6 Å². The van der Waals surface area contributed by atoms with Gasteiger partial charge in [0.05, 0.1) is 9.79 Å². The van der Waals surface area contributed by atoms with Crippen LogP contribution in [0.4, 0.5) is 0 Å². The highest BCUT2D eigenvalue weighted by Gasteiger charge is 2.46. The first-order chi connectivity index (χ1) is 16.3. The monoisotopic (exact) mass is 503 g/mol. The standard InChI is InChI=1S/C24H29N3O5S2/c28-24(25-22-16-18-11-12-19(22)15-18)23-17-26(33(29,30)20-7-3-1-4-8-20)13-14-27(23)34(31,32)21-9-5-2-6-10-21/h1-10,18-19,22-23H,11-17H2,(H,25,28)/t18-,19-,22+,23+/m0/s1. The van der Waals surface area contributed by atoms with E-state index >= 15 is 0 Å². The number of rotatable bonds is 6. The molecule has 34 heavy (non-hydrogen) atoms. The van der Waals surface area contributed by atoms with Gasteiger partial charge >= 0.3 is 0 Å². The maximum Gasteiger partial charge on any atom is 0.243 e. The first-order valence-electron chi connectivity index (χ1n) is 11.7. The summed E-state index contributed by atoms with van der Waals surface area (Å²) in [6, 6.07) is 14.9. The molecule has 1 saturated heterocycles. The Morgan fingerprint density at radius 3 is 1.97 bits per heavy atom. The number of carbonyl (C=O) groups excluding carboxylic acids is 1. The van der Waals surface area contributed by atoms with Crippen LogP contribution < -0.4 is 5.32 Å². The zero-order valence-electron chi connectivity index (χ0n) is 18.8. The number of nitrogens with zero attached hydrogens (tertiary/aromatic N) is 2. The van der Waals surface area contributed by atoms with Crippen LogP contribution in [0.2, 0.25) is 0 Å². The van der Waals surface area contributed by atoms with Crippen LogP contribution in [0, 0.1) is 11.8 Å². The van der Waals surface area contributed by atoms with Crippen LogP contribution in [-0.4, -0.2) is 63.1 Å². The van der Waals surface area contributed by atoms with Gasteiger partial charge in [-0.25, -0.2) is 16.8 Å². The van der Waals surface area contributed by atoms with E-state index in [4.69, 9.17) is 0 Å². The second kappa shape index (κ2) is 9.07. The minimum atomic E-state index is -3.98. The first-order valence-corrected chi connectivity index (χ1v) is 14.6. The van der Waals surface area contributed by atoms with Gasteiger partial charge < -0.3 is 5.32 Å². The van der Waals surface area contributed by atoms with E-state index in [1.54, 1.807) is 36.4 Å². The van der Waals surface area contributed by atoms with Gasteiger partial charge in [-0.15, -0.1) is 0 Å². The van der Waals surface area contributed by atoms with E-state index in [9.17, 15) is 21.6 Å². The Bertz CT molecular complexity index is 1250. The smallest absolute Gasteiger partial charge is 0.243 e. The summed E-state index contributed by atoms with van der Waals surface area (Å²) in [7, 11) is -7.85. The Kier molecular flexibility index (Phi) is 6.26. The van der Waals surface area contributed by atoms with Crippen LogP contribution in [0.15, 0.2) is 70.5 Å². The number of piperazine rings is 1. The molecular formula is C24H29N3O5S2. The molecule has 182 valence electrons. The van der Waals surface area contributed by atoms with Gasteiger partial charge in [-0.2, -0.15) is 8.61 Å². The van der Waals surface area contributed by atoms with Gasteiger partial charge in [0.1, 0.15) is 6.04 Å². The summed E-state index contributed by atoms with van der Waals surface area (Å²) in [6.07, 6.45) is 4.25. The summed E-state index contributed by atoms with van der Waals surface area (Å²) in [5.41, 5.74) is 0. The van der Waals surface area contributed by atoms with Crippen LogP contribution in [0.5, 0.6) is 0 Å². The van der Waals surface area contributed by atoms with E-state index in [2.05, 4.69) is 5.32 Å². The topological polar surface area (TPSA) is 104 Å². The summed E-state index contributed by atoms with van der Waals surface area (Å²) in [5.74, 6) is 0.603. The molecule has 4 atom stereocenters. The molecule has 3 aliphatic rings. The van der Waals surface area contributed by atoms with Crippen LogP contribution in [0.1, 0.15) is 25.7 Å². The molecule has 2 aliphatic carbocycles. The van der Waals surface area contributed by atoms with Crippen LogP contribution in [0.25, 0.3) is 0 Å². The number of amides is 1. The lowest BCUT2D eigenvalue weighted by Crippen LogP contribution is -2.62. The van der Waals surface area contributed by atoms with Gasteiger partial charge in [0, 0.05) is 25.7 Å². The van der Waals surface area contributed by atoms with E-state index in [0.29, 0.717) is 11.8 Å². The van der Waals surface area contributed by atoms with E-state index < -0.39 is 32.0 Å². The lowest BCUT2D eigenvalue weighted by atomic mass is 9.95. The minimum absolute atomic E-state index is 0.0219. The molecule has 1 amide bonds. The number of nitrogens with one attached hydrogen (secondary N) is 1. The number of hydrogen-bond acceptors (Lipinski definition) is 5. The maximum atomic E-state index is 13.5. The molecule has 2 bridgehead atoms. The van der Waals surface area contributed by atoms with Crippen LogP contribution >= 0.6 is 0 Å². The van der Waals surface area contributed by atoms with E-state index in [0.717, 1.165) is 19.3 Å². The lowest BCUT2D eigenvalue weighted by molar-refractivity contribution is -0.127. The average Bonchev–Trinajstić information content (AvgIpc) is 3.48. The Morgan fingerprint density at radius 1 is 0.794 bits per heavy atom. The Balaban J connectivity index is 1.44. The fourth-order valence-electron chi connectivity index (χ4n) is 5.63. The van der Waals surface area contributed by atoms with Crippen molar-refractivity contribution in [2.45, 2.75) is 47.6 Å². The zero-order valence-corrected chi connectivity index (χ0v) is 20.4. The van der Waals surface area contributed by atoms with Crippen molar-refractivity contribution in [3.05, 3.63) is 60.7 Å². The molecule has 2 aromatic rings. The van der Waals surface area contributed by atoms with E-state index in [-0.39, 0.29) is 35.5 Å². The number of sulfonamides is 2. The third-order valence-corrected chi connectivity index (χ3v) is 11.2. The van der Waals surface area contributed by atoms with Crippen molar-refractivity contribution in [3.63, 3.8) is 0 Å². The SMILES string of the molecule is O=C(N[C@@H]1C[C@H]2CC[C@H]1C2)[C@H]1CN(S(=O)(=O)c2ccccc2)CCN1S(=O)(=O)c1ccccc1. The average molecular weight is 504 g/mol. The van der Waals surface area contributed by atoms with Gasteiger partial charge in [-0.05, 0) is 55.4 Å². The maximum absolute atomic E-state index is 13.5. The molecule has 1 heterocycles. The van der Waals surface area contributed by atoms with Crippen molar-refractivity contribution in [1.82, 2.24) is 13.9 Å². The predicted molar refractivity (Wildman–Crippen MR) is 127 cm³/mol. The normalized spacial score (nSPS) is 28.1. The lowest BCUT2D eigenvalue weighted by Gasteiger charge is -2.39. The van der Waals surface area contributed by atoms with Crippen LogP contribution in [-0.2, 0) is 24.8 Å².